The normalized spacial score (nSPS) is 18.8. The molecule has 4 heteroatoms. The van der Waals surface area contributed by atoms with Gasteiger partial charge in [0.1, 0.15) is 0 Å². The molecule has 14 heavy (non-hydrogen) atoms. The van der Waals surface area contributed by atoms with E-state index in [1.54, 1.807) is 6.33 Å². The van der Waals surface area contributed by atoms with Crippen LogP contribution < -0.4 is 5.73 Å². The van der Waals surface area contributed by atoms with Gasteiger partial charge in [0, 0.05) is 31.0 Å². The number of hydrogen-bond acceptors (Lipinski definition) is 3. The van der Waals surface area contributed by atoms with E-state index < -0.39 is 0 Å². The van der Waals surface area contributed by atoms with Crippen LogP contribution in [0.15, 0.2) is 12.5 Å². The molecule has 3 N–H and O–H groups in total. The van der Waals surface area contributed by atoms with Crippen LogP contribution in [0.4, 0.5) is 0 Å². The first-order valence-corrected chi connectivity index (χ1v) is 5.19. The molecule has 0 saturated heterocycles. The fourth-order valence-electron chi connectivity index (χ4n) is 1.97. The quantitative estimate of drug-likeness (QED) is 0.721. The van der Waals surface area contributed by atoms with Crippen LogP contribution in [-0.2, 0) is 6.54 Å². The summed E-state index contributed by atoms with van der Waals surface area (Å²) in [4.78, 5) is 9.44. The summed E-state index contributed by atoms with van der Waals surface area (Å²) in [7, 11) is 2.14. The van der Waals surface area contributed by atoms with Crippen molar-refractivity contribution in [3.05, 3.63) is 18.2 Å². The van der Waals surface area contributed by atoms with Gasteiger partial charge >= 0.3 is 0 Å². The standard InChI is InChI=1S/C10H18N4/c1-14(6-9-5-12-7-13-9)10(4-11)8-2-3-8/h5,7-8,10H,2-4,6,11H2,1H3,(H,12,13). The number of aromatic amines is 1. The maximum absolute atomic E-state index is 5.78. The second-order valence-electron chi connectivity index (χ2n) is 4.13. The summed E-state index contributed by atoms with van der Waals surface area (Å²) in [6, 6.07) is 0.540. The van der Waals surface area contributed by atoms with E-state index in [2.05, 4.69) is 21.9 Å². The Kier molecular flexibility index (Phi) is 2.84. The molecule has 1 atom stereocenters. The summed E-state index contributed by atoms with van der Waals surface area (Å²) < 4.78 is 0. The van der Waals surface area contributed by atoms with Gasteiger partial charge in [-0.05, 0) is 25.8 Å². The van der Waals surface area contributed by atoms with Gasteiger partial charge in [-0.1, -0.05) is 0 Å². The minimum Gasteiger partial charge on any atom is -0.347 e. The highest BCUT2D eigenvalue weighted by molar-refractivity contribution is 4.96. The highest BCUT2D eigenvalue weighted by atomic mass is 15.2. The van der Waals surface area contributed by atoms with Crippen molar-refractivity contribution >= 4 is 0 Å². The molecule has 0 aliphatic heterocycles. The Morgan fingerprint density at radius 1 is 1.71 bits per heavy atom. The molecule has 1 unspecified atom stereocenters. The molecule has 4 nitrogen and oxygen atoms in total. The first kappa shape index (κ1) is 9.68. The van der Waals surface area contributed by atoms with Gasteiger partial charge in [0.2, 0.25) is 0 Å². The maximum atomic E-state index is 5.78. The first-order chi connectivity index (χ1) is 6.81. The fraction of sp³-hybridized carbons (Fsp3) is 0.700. The third-order valence-corrected chi connectivity index (χ3v) is 2.95. The minimum absolute atomic E-state index is 0.540. The highest BCUT2D eigenvalue weighted by Gasteiger charge is 2.32. The fourth-order valence-corrected chi connectivity index (χ4v) is 1.97. The Bertz CT molecular complexity index is 266. The van der Waals surface area contributed by atoms with Crippen LogP contribution in [-0.4, -0.2) is 34.5 Å². The summed E-state index contributed by atoms with van der Waals surface area (Å²) >= 11 is 0. The van der Waals surface area contributed by atoms with Gasteiger partial charge in [-0.2, -0.15) is 0 Å². The molecule has 1 aromatic rings. The van der Waals surface area contributed by atoms with Crippen molar-refractivity contribution in [2.24, 2.45) is 11.7 Å². The van der Waals surface area contributed by atoms with Crippen LogP contribution in [0.5, 0.6) is 0 Å². The Hall–Kier alpha value is -0.870. The summed E-state index contributed by atoms with van der Waals surface area (Å²) in [5.41, 5.74) is 6.93. The zero-order valence-corrected chi connectivity index (χ0v) is 8.61. The van der Waals surface area contributed by atoms with Gasteiger partial charge in [-0.15, -0.1) is 0 Å². The van der Waals surface area contributed by atoms with Crippen molar-refractivity contribution in [3.8, 4) is 0 Å². The smallest absolute Gasteiger partial charge is 0.0922 e. The number of likely N-dealkylation sites (N-methyl/N-ethyl adjacent to an activating group) is 1. The van der Waals surface area contributed by atoms with Crippen LogP contribution in [0.1, 0.15) is 18.5 Å². The Morgan fingerprint density at radius 2 is 2.50 bits per heavy atom. The number of hydrogen-bond donors (Lipinski definition) is 2. The van der Waals surface area contributed by atoms with Crippen LogP contribution >= 0.6 is 0 Å². The van der Waals surface area contributed by atoms with Crippen LogP contribution in [0.25, 0.3) is 0 Å². The third kappa shape index (κ3) is 2.13. The number of imidazole rings is 1. The van der Waals surface area contributed by atoms with E-state index in [1.807, 2.05) is 6.20 Å². The number of rotatable bonds is 5. The van der Waals surface area contributed by atoms with Crippen LogP contribution in [0, 0.1) is 5.92 Å². The first-order valence-electron chi connectivity index (χ1n) is 5.19. The van der Waals surface area contributed by atoms with Crippen LogP contribution in [0.2, 0.25) is 0 Å². The van der Waals surface area contributed by atoms with Gasteiger partial charge < -0.3 is 10.7 Å². The second-order valence-corrected chi connectivity index (χ2v) is 4.13. The maximum Gasteiger partial charge on any atom is 0.0922 e. The number of H-pyrrole nitrogens is 1. The van der Waals surface area contributed by atoms with Crippen molar-refractivity contribution in [1.82, 2.24) is 14.9 Å². The van der Waals surface area contributed by atoms with E-state index in [4.69, 9.17) is 5.73 Å². The summed E-state index contributed by atoms with van der Waals surface area (Å²) in [6.45, 7) is 1.67. The Balaban J connectivity index is 1.90. The van der Waals surface area contributed by atoms with E-state index in [0.29, 0.717) is 6.04 Å². The van der Waals surface area contributed by atoms with Crippen molar-refractivity contribution in [1.29, 1.82) is 0 Å². The molecule has 1 aromatic heterocycles. The van der Waals surface area contributed by atoms with E-state index >= 15 is 0 Å². The van der Waals surface area contributed by atoms with Crippen molar-refractivity contribution in [2.45, 2.75) is 25.4 Å². The second kappa shape index (κ2) is 4.11. The minimum atomic E-state index is 0.540. The SMILES string of the molecule is CN(Cc1cnc[nH]1)C(CN)C1CC1. The molecule has 1 heterocycles. The highest BCUT2D eigenvalue weighted by Crippen LogP contribution is 2.34. The molecule has 1 fully saturated rings. The Labute approximate surface area is 84.5 Å². The number of nitrogens with two attached hydrogens (primary N) is 1. The zero-order valence-electron chi connectivity index (χ0n) is 8.61. The summed E-state index contributed by atoms with van der Waals surface area (Å²) in [5.74, 6) is 0.827. The molecule has 0 amide bonds. The van der Waals surface area contributed by atoms with Gasteiger partial charge in [0.25, 0.3) is 0 Å². The van der Waals surface area contributed by atoms with E-state index in [-0.39, 0.29) is 0 Å². The lowest BCUT2D eigenvalue weighted by Gasteiger charge is -2.26. The van der Waals surface area contributed by atoms with E-state index in [1.165, 1.54) is 12.8 Å². The molecule has 78 valence electrons. The lowest BCUT2D eigenvalue weighted by molar-refractivity contribution is 0.213. The van der Waals surface area contributed by atoms with Crippen molar-refractivity contribution in [3.63, 3.8) is 0 Å². The van der Waals surface area contributed by atoms with Crippen molar-refractivity contribution in [2.75, 3.05) is 13.6 Å². The predicted octanol–water partition coefficient (Wildman–Crippen LogP) is 0.579. The lowest BCUT2D eigenvalue weighted by Crippen LogP contribution is -2.39. The van der Waals surface area contributed by atoms with Gasteiger partial charge in [0.05, 0.1) is 6.33 Å². The topological polar surface area (TPSA) is 57.9 Å². The van der Waals surface area contributed by atoms with Gasteiger partial charge in [-0.25, -0.2) is 4.98 Å². The molecule has 2 rings (SSSR count). The summed E-state index contributed by atoms with van der Waals surface area (Å²) in [6.07, 6.45) is 6.28. The van der Waals surface area contributed by atoms with Gasteiger partial charge in [-0.3, -0.25) is 4.90 Å². The summed E-state index contributed by atoms with van der Waals surface area (Å²) in [5, 5.41) is 0. The molecule has 0 bridgehead atoms. The monoisotopic (exact) mass is 194 g/mol. The zero-order chi connectivity index (χ0) is 9.97. The lowest BCUT2D eigenvalue weighted by atomic mass is 10.1. The average Bonchev–Trinajstić information content (AvgIpc) is 2.86. The van der Waals surface area contributed by atoms with E-state index in [9.17, 15) is 0 Å². The third-order valence-electron chi connectivity index (χ3n) is 2.95. The van der Waals surface area contributed by atoms with Crippen LogP contribution in [0.3, 0.4) is 0 Å². The van der Waals surface area contributed by atoms with Gasteiger partial charge in [0.15, 0.2) is 0 Å². The molecule has 1 aliphatic rings. The van der Waals surface area contributed by atoms with Crippen molar-refractivity contribution < 1.29 is 0 Å². The molecule has 0 spiro atoms. The predicted molar refractivity (Wildman–Crippen MR) is 55.6 cm³/mol. The molecular formula is C10H18N4. The number of nitrogens with zero attached hydrogens (tertiary/aromatic N) is 2. The van der Waals surface area contributed by atoms with E-state index in [0.717, 1.165) is 24.7 Å². The molecule has 1 aliphatic carbocycles. The Morgan fingerprint density at radius 3 is 3.00 bits per heavy atom. The molecule has 0 aromatic carbocycles. The molecule has 1 saturated carbocycles. The molecular weight excluding hydrogens is 176 g/mol. The number of nitrogens with one attached hydrogen (secondary N) is 1. The average molecular weight is 194 g/mol. The molecule has 0 radical (unpaired) electrons. The number of aromatic nitrogens is 2. The largest absolute Gasteiger partial charge is 0.347 e.